The number of aromatic nitrogens is 2. The zero-order chi connectivity index (χ0) is 23.7. The molecule has 1 saturated carbocycles. The van der Waals surface area contributed by atoms with Crippen molar-refractivity contribution in [2.45, 2.75) is 43.6 Å². The van der Waals surface area contributed by atoms with Crippen molar-refractivity contribution < 1.29 is 4.79 Å². The van der Waals surface area contributed by atoms with Crippen LogP contribution in [0.5, 0.6) is 0 Å². The lowest BCUT2D eigenvalue weighted by atomic mass is 9.86. The van der Waals surface area contributed by atoms with E-state index in [4.69, 9.17) is 4.98 Å². The number of aryl methyl sites for hydroxylation is 1. The van der Waals surface area contributed by atoms with Crippen LogP contribution in [0.4, 0.5) is 5.69 Å². The molecule has 1 spiro atoms. The molecule has 3 N–H and O–H groups in total. The topological polar surface area (TPSA) is 96.8 Å². The van der Waals surface area contributed by atoms with Gasteiger partial charge in [-0.2, -0.15) is 5.26 Å². The second kappa shape index (κ2) is 7.43. The van der Waals surface area contributed by atoms with Gasteiger partial charge in [-0.05, 0) is 68.5 Å². The average molecular weight is 465 g/mol. The summed E-state index contributed by atoms with van der Waals surface area (Å²) >= 11 is 0. The average Bonchev–Trinajstić information content (AvgIpc) is 3.32. The lowest BCUT2D eigenvalue weighted by Gasteiger charge is -2.23. The number of likely N-dealkylation sites (N-methyl/N-ethyl adjacent to an activating group) is 1. The number of carbonyl (C=O) groups excluding carboxylic acids is 1. The van der Waals surface area contributed by atoms with E-state index in [-0.39, 0.29) is 11.3 Å². The van der Waals surface area contributed by atoms with Gasteiger partial charge < -0.3 is 20.5 Å². The lowest BCUT2D eigenvalue weighted by Crippen LogP contribution is -2.39. The van der Waals surface area contributed by atoms with E-state index in [0.29, 0.717) is 11.6 Å². The molecule has 4 heterocycles. The number of nitrogens with one attached hydrogen (secondary N) is 3. The Hall–Kier alpha value is -3.63. The van der Waals surface area contributed by atoms with Crippen LogP contribution in [0.25, 0.3) is 22.5 Å². The summed E-state index contributed by atoms with van der Waals surface area (Å²) in [6.07, 6.45) is 7.04. The van der Waals surface area contributed by atoms with Crippen molar-refractivity contribution in [2.24, 2.45) is 0 Å². The van der Waals surface area contributed by atoms with Crippen LogP contribution < -0.4 is 15.5 Å². The van der Waals surface area contributed by atoms with Gasteiger partial charge in [0.2, 0.25) is 0 Å². The number of benzene rings is 1. The van der Waals surface area contributed by atoms with Crippen LogP contribution in [0.3, 0.4) is 0 Å². The summed E-state index contributed by atoms with van der Waals surface area (Å²) in [7, 11) is 1.99. The highest BCUT2D eigenvalue weighted by Gasteiger charge is 2.51. The number of nitriles is 1. The standard InChI is InChI=1S/C28H28N6O/c1-30-19-6-9-34(14-19)23-5-3-16(10-18(23)12-29)22-11-21-17(13-31-22)2-4-20-24-26(33-25(20)21)28(7-8-28)15-32-27(24)35/h3,5,10-11,13,19,30,33H,2,4,6-9,14-15H2,1H3,(H,32,35). The summed E-state index contributed by atoms with van der Waals surface area (Å²) in [5, 5.41) is 16.4. The highest BCUT2D eigenvalue weighted by molar-refractivity contribution is 6.01. The van der Waals surface area contributed by atoms with E-state index in [1.165, 1.54) is 5.56 Å². The summed E-state index contributed by atoms with van der Waals surface area (Å²) < 4.78 is 0. The normalized spacial score (nSPS) is 21.2. The molecule has 7 heteroatoms. The lowest BCUT2D eigenvalue weighted by molar-refractivity contribution is 0.0936. The Morgan fingerprint density at radius 1 is 1.26 bits per heavy atom. The van der Waals surface area contributed by atoms with Gasteiger partial charge in [-0.3, -0.25) is 9.78 Å². The molecule has 2 aliphatic carbocycles. The molecule has 3 aromatic rings. The second-order valence-corrected chi connectivity index (χ2v) is 10.5. The van der Waals surface area contributed by atoms with Crippen molar-refractivity contribution in [3.05, 3.63) is 58.4 Å². The van der Waals surface area contributed by atoms with E-state index in [1.54, 1.807) is 0 Å². The molecule has 7 rings (SSSR count). The molecule has 2 aliphatic heterocycles. The summed E-state index contributed by atoms with van der Waals surface area (Å²) in [6.45, 7) is 2.60. The zero-order valence-corrected chi connectivity index (χ0v) is 19.9. The maximum Gasteiger partial charge on any atom is 0.253 e. The molecular formula is C28H28N6O. The van der Waals surface area contributed by atoms with Crippen LogP contribution in [0.15, 0.2) is 30.5 Å². The number of amides is 1. The minimum atomic E-state index is 0.0597. The smallest absolute Gasteiger partial charge is 0.253 e. The monoisotopic (exact) mass is 464 g/mol. The molecule has 7 nitrogen and oxygen atoms in total. The van der Waals surface area contributed by atoms with Gasteiger partial charge in [0.25, 0.3) is 5.91 Å². The number of aromatic amines is 1. The largest absolute Gasteiger partial charge is 0.369 e. The first kappa shape index (κ1) is 20.7. The maximum atomic E-state index is 12.8. The van der Waals surface area contributed by atoms with Crippen molar-refractivity contribution in [2.75, 3.05) is 31.6 Å². The van der Waals surface area contributed by atoms with E-state index in [1.807, 2.05) is 19.3 Å². The summed E-state index contributed by atoms with van der Waals surface area (Å²) in [6, 6.07) is 11.1. The zero-order valence-electron chi connectivity index (χ0n) is 19.9. The molecule has 0 bridgehead atoms. The summed E-state index contributed by atoms with van der Waals surface area (Å²) in [4.78, 5) is 23.6. The minimum absolute atomic E-state index is 0.0597. The van der Waals surface area contributed by atoms with Crippen molar-refractivity contribution in [1.29, 1.82) is 5.26 Å². The molecule has 1 aromatic carbocycles. The molecule has 1 amide bonds. The molecule has 35 heavy (non-hydrogen) atoms. The van der Waals surface area contributed by atoms with Crippen LogP contribution >= 0.6 is 0 Å². The highest BCUT2D eigenvalue weighted by atomic mass is 16.1. The SMILES string of the molecule is CNC1CCN(c2ccc(-c3cc4c(cn3)CCc3c-4[nH]c4c3C(=O)NCC43CC3)cc2C#N)C1. The van der Waals surface area contributed by atoms with Gasteiger partial charge in [0.15, 0.2) is 0 Å². The Bertz CT molecular complexity index is 1430. The fraction of sp³-hybridized carbons (Fsp3) is 0.393. The van der Waals surface area contributed by atoms with Crippen LogP contribution in [0.2, 0.25) is 0 Å². The number of hydrogen-bond donors (Lipinski definition) is 3. The molecule has 1 saturated heterocycles. The number of carbonyl (C=O) groups is 1. The van der Waals surface area contributed by atoms with Crippen LogP contribution in [-0.2, 0) is 18.3 Å². The van der Waals surface area contributed by atoms with Gasteiger partial charge in [-0.1, -0.05) is 6.07 Å². The van der Waals surface area contributed by atoms with Crippen molar-refractivity contribution in [3.8, 4) is 28.6 Å². The van der Waals surface area contributed by atoms with Crippen molar-refractivity contribution in [1.82, 2.24) is 20.6 Å². The first-order chi connectivity index (χ1) is 17.1. The number of rotatable bonds is 3. The van der Waals surface area contributed by atoms with Gasteiger partial charge in [-0.15, -0.1) is 0 Å². The number of fused-ring (bicyclic) bond motifs is 6. The number of pyridine rings is 1. The van der Waals surface area contributed by atoms with Crippen molar-refractivity contribution >= 4 is 11.6 Å². The van der Waals surface area contributed by atoms with E-state index >= 15 is 0 Å². The summed E-state index contributed by atoms with van der Waals surface area (Å²) in [5.74, 6) is 0.0597. The number of anilines is 1. The fourth-order valence-corrected chi connectivity index (χ4v) is 6.28. The molecule has 176 valence electrons. The molecule has 2 fully saturated rings. The van der Waals surface area contributed by atoms with Gasteiger partial charge in [0, 0.05) is 54.1 Å². The molecule has 4 aliphatic rings. The Morgan fingerprint density at radius 2 is 2.14 bits per heavy atom. The molecule has 2 aromatic heterocycles. The number of hydrogen-bond acceptors (Lipinski definition) is 5. The maximum absolute atomic E-state index is 12.8. The third kappa shape index (κ3) is 3.06. The first-order valence-electron chi connectivity index (χ1n) is 12.6. The third-order valence-electron chi connectivity index (χ3n) is 8.55. The van der Waals surface area contributed by atoms with Crippen molar-refractivity contribution in [3.63, 3.8) is 0 Å². The quantitative estimate of drug-likeness (QED) is 0.553. The Kier molecular flexibility index (Phi) is 4.40. The molecule has 1 atom stereocenters. The van der Waals surface area contributed by atoms with Gasteiger partial charge >= 0.3 is 0 Å². The van der Waals surface area contributed by atoms with Gasteiger partial charge in [0.1, 0.15) is 6.07 Å². The summed E-state index contributed by atoms with van der Waals surface area (Å²) in [5.41, 5.74) is 10.2. The highest BCUT2D eigenvalue weighted by Crippen LogP contribution is 2.52. The van der Waals surface area contributed by atoms with E-state index < -0.39 is 0 Å². The van der Waals surface area contributed by atoms with Gasteiger partial charge in [0.05, 0.1) is 28.2 Å². The molecular weight excluding hydrogens is 436 g/mol. The predicted octanol–water partition coefficient (Wildman–Crippen LogP) is 3.29. The molecule has 0 radical (unpaired) electrons. The Balaban J connectivity index is 1.28. The minimum Gasteiger partial charge on any atom is -0.369 e. The predicted molar refractivity (Wildman–Crippen MR) is 135 cm³/mol. The van der Waals surface area contributed by atoms with Gasteiger partial charge in [-0.25, -0.2) is 0 Å². The van der Waals surface area contributed by atoms with E-state index in [2.05, 4.69) is 44.8 Å². The van der Waals surface area contributed by atoms with Crippen LogP contribution in [-0.4, -0.2) is 48.6 Å². The van der Waals surface area contributed by atoms with E-state index in [0.717, 1.165) is 96.8 Å². The van der Waals surface area contributed by atoms with Crippen LogP contribution in [0.1, 0.15) is 52.0 Å². The number of H-pyrrole nitrogens is 1. The third-order valence-corrected chi connectivity index (χ3v) is 8.55. The first-order valence-corrected chi connectivity index (χ1v) is 12.6. The molecule has 1 unspecified atom stereocenters. The Morgan fingerprint density at radius 3 is 2.91 bits per heavy atom. The van der Waals surface area contributed by atoms with Crippen LogP contribution in [0, 0.1) is 11.3 Å². The number of nitrogens with zero attached hydrogens (tertiary/aromatic N) is 3. The fourth-order valence-electron chi connectivity index (χ4n) is 6.28. The Labute approximate surface area is 204 Å². The van der Waals surface area contributed by atoms with E-state index in [9.17, 15) is 10.1 Å². The second-order valence-electron chi connectivity index (χ2n) is 10.5.